The third kappa shape index (κ3) is 1.05. The smallest absolute Gasteiger partial charge is 0.214 e. The monoisotopic (exact) mass is 302 g/mol. The first-order valence-corrected chi connectivity index (χ1v) is 8.40. The molecule has 0 amide bonds. The van der Waals surface area contributed by atoms with Gasteiger partial charge in [-0.15, -0.1) is 34.0 Å². The molecular weight excluding hydrogens is 296 g/mol. The number of fused-ring (bicyclic) bond motifs is 7. The van der Waals surface area contributed by atoms with Crippen LogP contribution in [0.1, 0.15) is 30.4 Å². The van der Waals surface area contributed by atoms with E-state index < -0.39 is 6.10 Å². The molecule has 3 aromatic rings. The number of carbonyl (C=O) groups excluding carboxylic acids is 1. The van der Waals surface area contributed by atoms with Crippen LogP contribution in [0.3, 0.4) is 0 Å². The Bertz CT molecular complexity index is 865. The number of carbonyl (C=O) groups is 1. The lowest BCUT2D eigenvalue weighted by Gasteiger charge is -1.99. The normalized spacial score (nSPS) is 18.4. The van der Waals surface area contributed by atoms with E-state index >= 15 is 0 Å². The Labute approximate surface area is 120 Å². The number of ketones is 1. The van der Waals surface area contributed by atoms with Crippen molar-refractivity contribution >= 4 is 39.8 Å². The van der Waals surface area contributed by atoms with Gasteiger partial charge in [0.2, 0.25) is 5.78 Å². The van der Waals surface area contributed by atoms with Crippen molar-refractivity contribution in [1.29, 1.82) is 0 Å². The molecule has 0 aromatic carbocycles. The maximum atomic E-state index is 12.4. The summed E-state index contributed by atoms with van der Waals surface area (Å²) in [6.07, 6.45) is -0.546. The molecule has 2 nitrogen and oxygen atoms in total. The highest BCUT2D eigenvalue weighted by atomic mass is 32.1. The van der Waals surface area contributed by atoms with Crippen LogP contribution in [-0.4, -0.2) is 10.9 Å². The Morgan fingerprint density at radius 3 is 2.63 bits per heavy atom. The minimum Gasteiger partial charge on any atom is -0.382 e. The number of aliphatic hydroxyl groups excluding tert-OH is 1. The maximum Gasteiger partial charge on any atom is 0.214 e. The summed E-state index contributed by atoms with van der Waals surface area (Å²) in [5.74, 6) is 0.128. The first-order chi connectivity index (χ1) is 9.27. The number of rotatable bonds is 0. The largest absolute Gasteiger partial charge is 0.382 e. The van der Waals surface area contributed by atoms with E-state index in [0.29, 0.717) is 0 Å². The summed E-state index contributed by atoms with van der Waals surface area (Å²) in [5.41, 5.74) is 4.30. The van der Waals surface area contributed by atoms with Gasteiger partial charge in [0.25, 0.3) is 0 Å². The lowest BCUT2D eigenvalue weighted by molar-refractivity contribution is 0.105. The zero-order valence-corrected chi connectivity index (χ0v) is 11.9. The molecule has 0 saturated heterocycles. The zero-order valence-electron chi connectivity index (χ0n) is 9.47. The molecule has 0 fully saturated rings. The molecule has 0 saturated carbocycles. The molecule has 5 heteroatoms. The molecule has 19 heavy (non-hydrogen) atoms. The summed E-state index contributed by atoms with van der Waals surface area (Å²) in [6.45, 7) is 0. The summed E-state index contributed by atoms with van der Waals surface area (Å²) in [6, 6.07) is 4.07. The van der Waals surface area contributed by atoms with Crippen LogP contribution in [0, 0.1) is 0 Å². The topological polar surface area (TPSA) is 37.3 Å². The van der Waals surface area contributed by atoms with Crippen LogP contribution in [0.5, 0.6) is 0 Å². The molecule has 0 spiro atoms. The fourth-order valence-electron chi connectivity index (χ4n) is 2.97. The molecule has 2 aliphatic rings. The Hall–Kier alpha value is -1.27. The first kappa shape index (κ1) is 10.5. The molecule has 2 aliphatic carbocycles. The van der Waals surface area contributed by atoms with Crippen LogP contribution in [0.2, 0.25) is 0 Å². The van der Waals surface area contributed by atoms with Crippen LogP contribution in [0.4, 0.5) is 0 Å². The molecule has 0 aliphatic heterocycles. The third-order valence-corrected chi connectivity index (χ3v) is 6.87. The van der Waals surface area contributed by atoms with Gasteiger partial charge in [0, 0.05) is 32.0 Å². The van der Waals surface area contributed by atoms with E-state index in [1.54, 1.807) is 11.3 Å². The van der Waals surface area contributed by atoms with Crippen molar-refractivity contribution in [2.75, 3.05) is 0 Å². The predicted octanol–water partition coefficient (Wildman–Crippen LogP) is 4.14. The van der Waals surface area contributed by atoms with E-state index in [1.807, 2.05) is 16.8 Å². The van der Waals surface area contributed by atoms with Gasteiger partial charge < -0.3 is 5.11 Å². The molecule has 92 valence electrons. The second-order valence-electron chi connectivity index (χ2n) is 4.64. The van der Waals surface area contributed by atoms with E-state index in [2.05, 4.69) is 6.07 Å². The highest BCUT2D eigenvalue weighted by Gasteiger charge is 2.41. The van der Waals surface area contributed by atoms with E-state index in [0.717, 1.165) is 41.8 Å². The van der Waals surface area contributed by atoms with Gasteiger partial charge >= 0.3 is 0 Å². The van der Waals surface area contributed by atoms with E-state index in [4.69, 9.17) is 0 Å². The summed E-state index contributed by atoms with van der Waals surface area (Å²) in [7, 11) is 0. The van der Waals surface area contributed by atoms with E-state index in [1.165, 1.54) is 22.7 Å². The zero-order chi connectivity index (χ0) is 12.7. The van der Waals surface area contributed by atoms with Gasteiger partial charge in [-0.3, -0.25) is 4.79 Å². The standard InChI is InChI=1S/C14H6O2S3/c15-9-11-5(1-3-17-11)7-8-6-2-4-18-12(6)10(16)14(8)19-13(7)9/h1-4,9,15H. The van der Waals surface area contributed by atoms with E-state index in [-0.39, 0.29) is 5.78 Å². The number of hydrogen-bond donors (Lipinski definition) is 1. The van der Waals surface area contributed by atoms with Crippen LogP contribution < -0.4 is 0 Å². The Morgan fingerprint density at radius 1 is 0.947 bits per heavy atom. The summed E-state index contributed by atoms with van der Waals surface area (Å²) in [5, 5.41) is 14.4. The van der Waals surface area contributed by atoms with Crippen LogP contribution in [0.15, 0.2) is 22.9 Å². The molecule has 1 unspecified atom stereocenters. The summed E-state index contributed by atoms with van der Waals surface area (Å²) in [4.78, 5) is 16.0. The molecule has 0 radical (unpaired) electrons. The minimum absolute atomic E-state index is 0.128. The van der Waals surface area contributed by atoms with Crippen molar-refractivity contribution in [2.24, 2.45) is 0 Å². The third-order valence-electron chi connectivity index (χ3n) is 3.74. The fraction of sp³-hybridized carbons (Fsp3) is 0.0714. The second kappa shape index (κ2) is 3.24. The molecule has 5 rings (SSSR count). The summed E-state index contributed by atoms with van der Waals surface area (Å²) >= 11 is 4.56. The van der Waals surface area contributed by atoms with E-state index in [9.17, 15) is 9.90 Å². The van der Waals surface area contributed by atoms with Gasteiger partial charge in [0.05, 0.1) is 9.75 Å². The Balaban J connectivity index is 1.95. The van der Waals surface area contributed by atoms with Gasteiger partial charge in [-0.25, -0.2) is 0 Å². The molecular formula is C14H6O2S3. The Kier molecular flexibility index (Phi) is 1.79. The average Bonchev–Trinajstić information content (AvgIpc) is 3.13. The maximum absolute atomic E-state index is 12.4. The van der Waals surface area contributed by atoms with Crippen molar-refractivity contribution in [3.8, 4) is 22.3 Å². The van der Waals surface area contributed by atoms with Crippen molar-refractivity contribution in [1.82, 2.24) is 0 Å². The van der Waals surface area contributed by atoms with Crippen molar-refractivity contribution in [3.63, 3.8) is 0 Å². The molecule has 3 heterocycles. The second-order valence-corrected chi connectivity index (χ2v) is 7.56. The molecule has 1 N–H and O–H groups in total. The quantitative estimate of drug-likeness (QED) is 0.530. The Morgan fingerprint density at radius 2 is 1.74 bits per heavy atom. The molecule has 0 bridgehead atoms. The minimum atomic E-state index is -0.546. The lowest BCUT2D eigenvalue weighted by Crippen LogP contribution is -1.91. The molecule has 1 atom stereocenters. The molecule has 3 aromatic heterocycles. The van der Waals surface area contributed by atoms with Crippen molar-refractivity contribution in [2.45, 2.75) is 6.10 Å². The fourth-order valence-corrected chi connectivity index (χ4v) is 6.12. The van der Waals surface area contributed by atoms with Crippen molar-refractivity contribution in [3.05, 3.63) is 42.4 Å². The highest BCUT2D eigenvalue weighted by molar-refractivity contribution is 7.19. The van der Waals surface area contributed by atoms with Gasteiger partial charge in [-0.05, 0) is 22.9 Å². The van der Waals surface area contributed by atoms with Gasteiger partial charge in [0.1, 0.15) is 6.10 Å². The average molecular weight is 302 g/mol. The van der Waals surface area contributed by atoms with Gasteiger partial charge in [-0.1, -0.05) is 0 Å². The van der Waals surface area contributed by atoms with Gasteiger partial charge in [0.15, 0.2) is 0 Å². The summed E-state index contributed by atoms with van der Waals surface area (Å²) < 4.78 is 0. The van der Waals surface area contributed by atoms with Crippen LogP contribution >= 0.6 is 34.0 Å². The number of hydrogen-bond acceptors (Lipinski definition) is 5. The number of thiophene rings is 3. The van der Waals surface area contributed by atoms with Crippen LogP contribution in [0.25, 0.3) is 22.3 Å². The lowest BCUT2D eigenvalue weighted by atomic mass is 10.0. The predicted molar refractivity (Wildman–Crippen MR) is 78.4 cm³/mol. The van der Waals surface area contributed by atoms with Crippen LogP contribution in [-0.2, 0) is 0 Å². The highest BCUT2D eigenvalue weighted by Crippen LogP contribution is 2.58. The first-order valence-electron chi connectivity index (χ1n) is 5.82. The van der Waals surface area contributed by atoms with Gasteiger partial charge in [-0.2, -0.15) is 0 Å². The SMILES string of the molecule is O=C1c2sccc2-c2c1sc1c2-c2ccsc2C1O. The number of aliphatic hydroxyl groups is 1. The van der Waals surface area contributed by atoms with Crippen molar-refractivity contribution < 1.29 is 9.90 Å².